The summed E-state index contributed by atoms with van der Waals surface area (Å²) in [7, 11) is -0.925. The largest absolute Gasteiger partial charge is 0.465 e. The molecule has 1 unspecified atom stereocenters. The van der Waals surface area contributed by atoms with Gasteiger partial charge >= 0.3 is 17.9 Å². The standard InChI is InChI=1S/C30H42O9Si/c1-14(2)40(15(3)4,16(5)6)39-23-12-21-20(23)13-24(35-18(8)31)30-27(38-30)25(37-29(30)33)17(7)10-19-11-22(26(21)36-19)28(32)34-9/h10-11,14-16,20-21,23-25,27H,12-13H2,1-9H3/b17-10+/t20-,21+,23+,24-,25+,27+,30?/m1/s1. The zero-order valence-electron chi connectivity index (χ0n) is 24.9. The minimum Gasteiger partial charge on any atom is -0.465 e. The number of fused-ring (bicyclic) bond motifs is 4. The van der Waals surface area contributed by atoms with Crippen molar-refractivity contribution >= 4 is 32.3 Å². The van der Waals surface area contributed by atoms with E-state index in [9.17, 15) is 14.4 Å². The van der Waals surface area contributed by atoms with Crippen LogP contribution in [0.15, 0.2) is 16.1 Å². The molecule has 5 rings (SSSR count). The Kier molecular flexibility index (Phi) is 7.36. The number of ether oxygens (including phenoxy) is 4. The third-order valence-corrected chi connectivity index (χ3v) is 15.8. The number of carbonyl (C=O) groups excluding carboxylic acids is 3. The summed E-state index contributed by atoms with van der Waals surface area (Å²) >= 11 is 0. The number of esters is 3. The first-order valence-corrected chi connectivity index (χ1v) is 16.6. The van der Waals surface area contributed by atoms with Gasteiger partial charge in [0, 0.05) is 18.9 Å². The zero-order valence-corrected chi connectivity index (χ0v) is 25.9. The van der Waals surface area contributed by atoms with Crippen molar-refractivity contribution in [3.05, 3.63) is 28.7 Å². The summed E-state index contributed by atoms with van der Waals surface area (Å²) < 4.78 is 36.3. The van der Waals surface area contributed by atoms with Crippen LogP contribution in [-0.4, -0.2) is 63.4 Å². The van der Waals surface area contributed by atoms with E-state index in [1.165, 1.54) is 14.0 Å². The second kappa shape index (κ2) is 10.1. The van der Waals surface area contributed by atoms with Crippen LogP contribution >= 0.6 is 0 Å². The van der Waals surface area contributed by atoms with E-state index < -0.39 is 50.1 Å². The van der Waals surface area contributed by atoms with E-state index in [1.807, 2.05) is 6.92 Å². The van der Waals surface area contributed by atoms with Gasteiger partial charge in [-0.05, 0) is 60.0 Å². The Morgan fingerprint density at radius 2 is 1.73 bits per heavy atom. The number of hydrogen-bond donors (Lipinski definition) is 0. The Morgan fingerprint density at radius 1 is 1.07 bits per heavy atom. The van der Waals surface area contributed by atoms with Gasteiger partial charge in [-0.3, -0.25) is 4.79 Å². The predicted molar refractivity (Wildman–Crippen MR) is 148 cm³/mol. The lowest BCUT2D eigenvalue weighted by Gasteiger charge is -2.52. The highest BCUT2D eigenvalue weighted by Gasteiger charge is 2.78. The minimum absolute atomic E-state index is 0.164. The topological polar surface area (TPSA) is 114 Å². The van der Waals surface area contributed by atoms with Crippen molar-refractivity contribution in [3.63, 3.8) is 0 Å². The molecule has 4 aliphatic rings. The lowest BCUT2D eigenvalue weighted by molar-refractivity contribution is -0.166. The lowest BCUT2D eigenvalue weighted by atomic mass is 9.65. The number of hydrogen-bond acceptors (Lipinski definition) is 9. The average Bonchev–Trinajstić information content (AvgIpc) is 3.37. The first-order valence-electron chi connectivity index (χ1n) is 14.4. The van der Waals surface area contributed by atoms with Crippen LogP contribution in [0.2, 0.25) is 16.6 Å². The van der Waals surface area contributed by atoms with Crippen LogP contribution in [-0.2, 0) is 33.0 Å². The van der Waals surface area contributed by atoms with Crippen molar-refractivity contribution < 1.29 is 42.2 Å². The Labute approximate surface area is 237 Å². The molecule has 3 fully saturated rings. The summed E-state index contributed by atoms with van der Waals surface area (Å²) in [6, 6.07) is 1.69. The Balaban J connectivity index is 1.62. The quantitative estimate of drug-likeness (QED) is 0.179. The van der Waals surface area contributed by atoms with Crippen molar-refractivity contribution in [2.24, 2.45) is 5.92 Å². The summed E-state index contributed by atoms with van der Waals surface area (Å²) in [6.07, 6.45) is 0.485. The normalized spacial score (nSPS) is 34.1. The number of rotatable bonds is 7. The molecule has 0 aromatic carbocycles. The maximum Gasteiger partial charge on any atom is 0.346 e. The molecule has 3 aliphatic heterocycles. The fourth-order valence-electron chi connectivity index (χ4n) is 7.81. The first kappa shape index (κ1) is 29.1. The summed E-state index contributed by atoms with van der Waals surface area (Å²) in [5.74, 6) is -0.850. The molecule has 4 heterocycles. The molecular formula is C30H42O9Si. The molecule has 2 saturated heterocycles. The van der Waals surface area contributed by atoms with Gasteiger partial charge in [0.15, 0.2) is 6.10 Å². The predicted octanol–water partition coefficient (Wildman–Crippen LogP) is 5.53. The van der Waals surface area contributed by atoms with E-state index in [0.717, 1.165) is 0 Å². The second-order valence-electron chi connectivity index (χ2n) is 12.8. The van der Waals surface area contributed by atoms with Gasteiger partial charge in [-0.1, -0.05) is 41.5 Å². The third-order valence-electron chi connectivity index (χ3n) is 9.67. The molecule has 0 N–H and O–H groups in total. The number of carbonyl (C=O) groups is 3. The molecule has 9 nitrogen and oxygen atoms in total. The summed E-state index contributed by atoms with van der Waals surface area (Å²) in [4.78, 5) is 38.4. The van der Waals surface area contributed by atoms with Crippen molar-refractivity contribution in [1.29, 1.82) is 0 Å². The molecule has 0 amide bonds. The summed E-state index contributed by atoms with van der Waals surface area (Å²) in [5.41, 5.74) is 0.861. The van der Waals surface area contributed by atoms with Gasteiger partial charge in [-0.15, -0.1) is 0 Å². The molecule has 1 saturated carbocycles. The smallest absolute Gasteiger partial charge is 0.346 e. The zero-order chi connectivity index (χ0) is 29.3. The second-order valence-corrected chi connectivity index (χ2v) is 18.2. The molecule has 0 radical (unpaired) electrons. The average molecular weight is 575 g/mol. The number of epoxide rings is 1. The van der Waals surface area contributed by atoms with Gasteiger partial charge in [-0.2, -0.15) is 0 Å². The minimum atomic E-state index is -2.28. The van der Waals surface area contributed by atoms with Crippen LogP contribution in [0, 0.1) is 5.92 Å². The van der Waals surface area contributed by atoms with Gasteiger partial charge in [-0.25, -0.2) is 9.59 Å². The molecule has 7 atom stereocenters. The monoisotopic (exact) mass is 574 g/mol. The lowest BCUT2D eigenvalue weighted by Crippen LogP contribution is -2.56. The van der Waals surface area contributed by atoms with Crippen LogP contribution in [0.25, 0.3) is 6.08 Å². The molecule has 1 aromatic rings. The van der Waals surface area contributed by atoms with Gasteiger partial charge in [0.1, 0.15) is 29.3 Å². The van der Waals surface area contributed by atoms with E-state index in [1.54, 1.807) is 12.1 Å². The molecule has 10 heteroatoms. The van der Waals surface area contributed by atoms with Crippen molar-refractivity contribution in [1.82, 2.24) is 0 Å². The van der Waals surface area contributed by atoms with Gasteiger partial charge < -0.3 is 27.8 Å². The highest BCUT2D eigenvalue weighted by molar-refractivity contribution is 6.77. The number of furan rings is 1. The SMILES string of the molecule is COC(=O)c1cc2oc1[C@H]1C[C@H](O[Si](C(C)C)(C(C)C)C(C)C)[C@@H]1C[C@@H](OC(C)=O)C13O[C@H]1[C@@H](OC3=O)/C(C)=C/2. The van der Waals surface area contributed by atoms with Gasteiger partial charge in [0.05, 0.1) is 7.11 Å². The van der Waals surface area contributed by atoms with Crippen LogP contribution in [0.1, 0.15) is 96.0 Å². The van der Waals surface area contributed by atoms with Crippen LogP contribution in [0.4, 0.5) is 0 Å². The van der Waals surface area contributed by atoms with E-state index >= 15 is 0 Å². The number of methoxy groups -OCH3 is 1. The Bertz CT molecular complexity index is 1210. The Morgan fingerprint density at radius 3 is 2.27 bits per heavy atom. The van der Waals surface area contributed by atoms with E-state index in [2.05, 4.69) is 41.5 Å². The van der Waals surface area contributed by atoms with E-state index in [4.69, 9.17) is 27.8 Å². The maximum atomic E-state index is 13.3. The molecular weight excluding hydrogens is 532 g/mol. The molecule has 220 valence electrons. The third kappa shape index (κ3) is 4.29. The highest BCUT2D eigenvalue weighted by Crippen LogP contribution is 2.58. The van der Waals surface area contributed by atoms with E-state index in [0.29, 0.717) is 52.1 Å². The molecule has 1 aromatic heterocycles. The summed E-state index contributed by atoms with van der Waals surface area (Å²) in [5, 5.41) is 0. The molecule has 40 heavy (non-hydrogen) atoms. The van der Waals surface area contributed by atoms with Crippen molar-refractivity contribution in [3.8, 4) is 0 Å². The summed E-state index contributed by atoms with van der Waals surface area (Å²) in [6.45, 7) is 16.6. The molecule has 4 bridgehead atoms. The van der Waals surface area contributed by atoms with Crippen molar-refractivity contribution in [2.45, 2.75) is 121 Å². The molecule has 0 spiro atoms. The Hall–Kier alpha value is -2.43. The van der Waals surface area contributed by atoms with Crippen LogP contribution in [0.3, 0.4) is 0 Å². The van der Waals surface area contributed by atoms with Gasteiger partial charge in [0.2, 0.25) is 13.9 Å². The first-order chi connectivity index (χ1) is 18.8. The maximum absolute atomic E-state index is 13.3. The van der Waals surface area contributed by atoms with Gasteiger partial charge in [0.25, 0.3) is 0 Å². The highest BCUT2D eigenvalue weighted by atomic mass is 28.4. The van der Waals surface area contributed by atoms with Crippen LogP contribution < -0.4 is 0 Å². The fraction of sp³-hybridized carbons (Fsp3) is 0.700. The van der Waals surface area contributed by atoms with Crippen LogP contribution in [0.5, 0.6) is 0 Å². The van der Waals surface area contributed by atoms with E-state index in [-0.39, 0.29) is 17.9 Å². The molecule has 1 aliphatic carbocycles. The van der Waals surface area contributed by atoms with Crippen molar-refractivity contribution in [2.75, 3.05) is 7.11 Å². The fourth-order valence-corrected chi connectivity index (χ4v) is 13.4.